The zero-order valence-corrected chi connectivity index (χ0v) is 15.6. The van der Waals surface area contributed by atoms with Gasteiger partial charge in [0.05, 0.1) is 4.92 Å². The van der Waals surface area contributed by atoms with Gasteiger partial charge in [0.25, 0.3) is 11.6 Å². The lowest BCUT2D eigenvalue weighted by Crippen LogP contribution is -2.48. The number of amides is 1. The van der Waals surface area contributed by atoms with E-state index in [9.17, 15) is 14.9 Å². The van der Waals surface area contributed by atoms with E-state index in [0.717, 1.165) is 5.69 Å². The summed E-state index contributed by atoms with van der Waals surface area (Å²) in [4.78, 5) is 27.3. The Morgan fingerprint density at radius 2 is 1.96 bits per heavy atom. The van der Waals surface area contributed by atoms with Gasteiger partial charge in [-0.15, -0.1) is 6.42 Å². The first-order chi connectivity index (χ1) is 13.5. The van der Waals surface area contributed by atoms with Crippen LogP contribution in [0.5, 0.6) is 5.75 Å². The third-order valence-electron chi connectivity index (χ3n) is 4.72. The number of nitrogens with zero attached hydrogens (tertiary/aromatic N) is 3. The first kappa shape index (κ1) is 19.2. The average Bonchev–Trinajstić information content (AvgIpc) is 2.72. The van der Waals surface area contributed by atoms with Crippen LogP contribution in [0.15, 0.2) is 42.5 Å². The normalized spacial score (nSPS) is 13.7. The molecule has 1 aliphatic rings. The molecule has 2 aromatic rings. The molecule has 3 rings (SSSR count). The zero-order chi connectivity index (χ0) is 20.1. The third kappa shape index (κ3) is 4.23. The maximum absolute atomic E-state index is 12.7. The van der Waals surface area contributed by atoms with E-state index in [4.69, 9.17) is 11.2 Å². The molecule has 0 saturated carbocycles. The van der Waals surface area contributed by atoms with Gasteiger partial charge in [-0.25, -0.2) is 0 Å². The topological polar surface area (TPSA) is 75.9 Å². The summed E-state index contributed by atoms with van der Waals surface area (Å²) in [5.41, 5.74) is 1.86. The Hall–Kier alpha value is -3.53. The highest BCUT2D eigenvalue weighted by molar-refractivity contribution is 5.95. The molecule has 1 fully saturated rings. The first-order valence-electron chi connectivity index (χ1n) is 8.95. The molecule has 2 aromatic carbocycles. The molecule has 1 saturated heterocycles. The van der Waals surface area contributed by atoms with Crippen LogP contribution < -0.4 is 9.64 Å². The van der Waals surface area contributed by atoms with Crippen molar-refractivity contribution in [1.29, 1.82) is 0 Å². The maximum Gasteiger partial charge on any atom is 0.273 e. The molecule has 0 atom stereocenters. The summed E-state index contributed by atoms with van der Waals surface area (Å²) in [7, 11) is 0. The van der Waals surface area contributed by atoms with Crippen LogP contribution >= 0.6 is 0 Å². The van der Waals surface area contributed by atoms with Crippen molar-refractivity contribution < 1.29 is 14.5 Å². The minimum Gasteiger partial charge on any atom is -0.481 e. The molecule has 7 heteroatoms. The second kappa shape index (κ2) is 8.44. The lowest BCUT2D eigenvalue weighted by atomic mass is 10.1. The Morgan fingerprint density at radius 3 is 2.64 bits per heavy atom. The Labute approximate surface area is 163 Å². The van der Waals surface area contributed by atoms with Crippen molar-refractivity contribution in [1.82, 2.24) is 4.90 Å². The van der Waals surface area contributed by atoms with Gasteiger partial charge in [0, 0.05) is 55.1 Å². The second-order valence-electron chi connectivity index (χ2n) is 6.53. The van der Waals surface area contributed by atoms with Crippen LogP contribution in [0.2, 0.25) is 0 Å². The largest absolute Gasteiger partial charge is 0.481 e. The Balaban J connectivity index is 1.65. The summed E-state index contributed by atoms with van der Waals surface area (Å²) in [6, 6.07) is 12.3. The van der Waals surface area contributed by atoms with Crippen LogP contribution in [-0.2, 0) is 0 Å². The summed E-state index contributed by atoms with van der Waals surface area (Å²) in [5, 5.41) is 11.1. The van der Waals surface area contributed by atoms with Crippen molar-refractivity contribution in [3.8, 4) is 18.1 Å². The summed E-state index contributed by atoms with van der Waals surface area (Å²) in [5.74, 6) is 2.96. The van der Waals surface area contributed by atoms with Crippen molar-refractivity contribution >= 4 is 17.3 Å². The molecule has 1 amide bonds. The molecular formula is C21H21N3O4. The van der Waals surface area contributed by atoms with Gasteiger partial charge in [-0.1, -0.05) is 18.1 Å². The number of nitro benzene ring substituents is 1. The average molecular weight is 379 g/mol. The molecule has 28 heavy (non-hydrogen) atoms. The van der Waals surface area contributed by atoms with E-state index in [-0.39, 0.29) is 18.2 Å². The molecule has 7 nitrogen and oxygen atoms in total. The van der Waals surface area contributed by atoms with Crippen molar-refractivity contribution in [2.45, 2.75) is 6.92 Å². The molecular weight excluding hydrogens is 358 g/mol. The number of ether oxygens (including phenoxy) is 1. The van der Waals surface area contributed by atoms with Gasteiger partial charge < -0.3 is 14.5 Å². The smallest absolute Gasteiger partial charge is 0.273 e. The predicted octanol–water partition coefficient (Wildman–Crippen LogP) is 2.88. The second-order valence-corrected chi connectivity index (χ2v) is 6.53. The fourth-order valence-corrected chi connectivity index (χ4v) is 3.18. The molecule has 0 radical (unpaired) electrons. The summed E-state index contributed by atoms with van der Waals surface area (Å²) >= 11 is 0. The minimum atomic E-state index is -0.459. The van der Waals surface area contributed by atoms with E-state index < -0.39 is 4.92 Å². The number of carbonyl (C=O) groups is 1. The highest BCUT2D eigenvalue weighted by Crippen LogP contribution is 2.24. The fraction of sp³-hybridized carbons (Fsp3) is 0.286. The van der Waals surface area contributed by atoms with E-state index in [1.807, 2.05) is 24.3 Å². The Kier molecular flexibility index (Phi) is 5.80. The Morgan fingerprint density at radius 1 is 1.21 bits per heavy atom. The van der Waals surface area contributed by atoms with Crippen LogP contribution in [0.25, 0.3) is 0 Å². The number of carbonyl (C=O) groups excluding carboxylic acids is 1. The van der Waals surface area contributed by atoms with Crippen LogP contribution in [-0.4, -0.2) is 48.5 Å². The number of hydrogen-bond donors (Lipinski definition) is 0. The van der Waals surface area contributed by atoms with Crippen molar-refractivity contribution in [3.05, 3.63) is 63.7 Å². The van der Waals surface area contributed by atoms with Gasteiger partial charge >= 0.3 is 0 Å². The molecule has 0 bridgehead atoms. The van der Waals surface area contributed by atoms with Crippen LogP contribution in [0, 0.1) is 29.4 Å². The lowest BCUT2D eigenvalue weighted by Gasteiger charge is -2.36. The SMILES string of the molecule is C#CCOc1cccc(N2CCN(C(=O)c3ccc(C)c([N+](=O)[O-])c3)CC2)c1. The molecule has 0 N–H and O–H groups in total. The summed E-state index contributed by atoms with van der Waals surface area (Å²) in [6.45, 7) is 4.28. The van der Waals surface area contributed by atoms with Gasteiger partial charge in [-0.05, 0) is 25.1 Å². The van der Waals surface area contributed by atoms with Crippen molar-refractivity contribution in [3.63, 3.8) is 0 Å². The van der Waals surface area contributed by atoms with Gasteiger partial charge in [-0.2, -0.15) is 0 Å². The minimum absolute atomic E-state index is 0.0340. The van der Waals surface area contributed by atoms with E-state index in [1.165, 1.54) is 6.07 Å². The highest BCUT2D eigenvalue weighted by Gasteiger charge is 2.24. The number of aryl methyl sites for hydroxylation is 1. The molecule has 0 aromatic heterocycles. The number of nitro groups is 1. The maximum atomic E-state index is 12.7. The van der Waals surface area contributed by atoms with Crippen LogP contribution in [0.4, 0.5) is 11.4 Å². The number of terminal acetylenes is 1. The summed E-state index contributed by atoms with van der Waals surface area (Å²) < 4.78 is 5.46. The highest BCUT2D eigenvalue weighted by atomic mass is 16.6. The van der Waals surface area contributed by atoms with Gasteiger partial charge in [0.1, 0.15) is 12.4 Å². The molecule has 144 valence electrons. The molecule has 0 unspecified atom stereocenters. The third-order valence-corrected chi connectivity index (χ3v) is 4.72. The summed E-state index contributed by atoms with van der Waals surface area (Å²) in [6.07, 6.45) is 5.22. The standard InChI is InChI=1S/C21H21N3O4/c1-3-13-28-19-6-4-5-18(15-19)22-9-11-23(12-10-22)21(25)17-8-7-16(2)20(14-17)24(26)27/h1,4-8,14-15H,9-13H2,2H3. The van der Waals surface area contributed by atoms with Crippen LogP contribution in [0.3, 0.4) is 0 Å². The first-order valence-corrected chi connectivity index (χ1v) is 8.95. The quantitative estimate of drug-likeness (QED) is 0.454. The molecule has 0 aliphatic carbocycles. The Bertz CT molecular complexity index is 927. The molecule has 1 heterocycles. The monoisotopic (exact) mass is 379 g/mol. The number of benzene rings is 2. The number of hydrogen-bond acceptors (Lipinski definition) is 5. The van der Waals surface area contributed by atoms with E-state index in [0.29, 0.717) is 43.1 Å². The van der Waals surface area contributed by atoms with Crippen molar-refractivity contribution in [2.75, 3.05) is 37.7 Å². The predicted molar refractivity (Wildman–Crippen MR) is 107 cm³/mol. The fourth-order valence-electron chi connectivity index (χ4n) is 3.18. The lowest BCUT2D eigenvalue weighted by molar-refractivity contribution is -0.385. The molecule has 0 spiro atoms. The van der Waals surface area contributed by atoms with Crippen molar-refractivity contribution in [2.24, 2.45) is 0 Å². The molecule has 1 aliphatic heterocycles. The van der Waals surface area contributed by atoms with Gasteiger partial charge in [-0.3, -0.25) is 14.9 Å². The number of anilines is 1. The van der Waals surface area contributed by atoms with E-state index in [1.54, 1.807) is 24.0 Å². The van der Waals surface area contributed by atoms with E-state index in [2.05, 4.69) is 10.8 Å². The van der Waals surface area contributed by atoms with Gasteiger partial charge in [0.15, 0.2) is 0 Å². The number of rotatable bonds is 5. The number of piperazine rings is 1. The van der Waals surface area contributed by atoms with E-state index >= 15 is 0 Å². The van der Waals surface area contributed by atoms with Gasteiger partial charge in [0.2, 0.25) is 0 Å². The van der Waals surface area contributed by atoms with Crippen LogP contribution in [0.1, 0.15) is 15.9 Å². The zero-order valence-electron chi connectivity index (χ0n) is 15.6.